The number of rotatable bonds is 3. The highest BCUT2D eigenvalue weighted by Crippen LogP contribution is 2.30. The number of nitrogens with zero attached hydrogens (tertiary/aromatic N) is 2. The number of hydrogen-bond acceptors (Lipinski definition) is 3. The Morgan fingerprint density at radius 1 is 0.969 bits per heavy atom. The standard InChI is InChI=1S/C21H9Cl3F3N3O2/c22-12-2-1-3-13(23)17(12)29-21(32)11-8-30(18-14(26)6-9(25)7-15(18)27)20-10(19(11)31)4-5-16(24)28-20/h1-8H,(H,29,32). The van der Waals surface area contributed by atoms with Gasteiger partial charge in [0.1, 0.15) is 27.9 Å². The molecule has 0 radical (unpaired) electrons. The van der Waals surface area contributed by atoms with Crippen LogP contribution in [0.3, 0.4) is 0 Å². The molecule has 0 bridgehead atoms. The fraction of sp³-hybridized carbons (Fsp3) is 0. The number of aromatic nitrogens is 2. The number of carbonyl (C=O) groups is 1. The number of nitrogens with one attached hydrogen (secondary N) is 1. The third-order valence-electron chi connectivity index (χ3n) is 4.49. The molecular formula is C21H9Cl3F3N3O2. The molecule has 11 heteroatoms. The van der Waals surface area contributed by atoms with E-state index in [2.05, 4.69) is 10.3 Å². The minimum atomic E-state index is -1.28. The Hall–Kier alpha value is -3.07. The minimum absolute atomic E-state index is 0.0419. The molecule has 0 saturated heterocycles. The fourth-order valence-electron chi connectivity index (χ4n) is 3.08. The zero-order valence-electron chi connectivity index (χ0n) is 15.6. The first-order chi connectivity index (χ1) is 15.2. The molecule has 0 saturated carbocycles. The molecule has 0 aliphatic carbocycles. The molecule has 0 atom stereocenters. The van der Waals surface area contributed by atoms with Crippen LogP contribution in [0.2, 0.25) is 15.2 Å². The molecule has 0 aliphatic heterocycles. The van der Waals surface area contributed by atoms with Crippen molar-refractivity contribution in [3.63, 3.8) is 0 Å². The average Bonchev–Trinajstić information content (AvgIpc) is 2.71. The average molecular weight is 499 g/mol. The van der Waals surface area contributed by atoms with E-state index in [-0.39, 0.29) is 31.9 Å². The lowest BCUT2D eigenvalue weighted by Crippen LogP contribution is -2.24. The number of amides is 1. The molecule has 1 amide bonds. The highest BCUT2D eigenvalue weighted by Gasteiger charge is 2.22. The van der Waals surface area contributed by atoms with Crippen molar-refractivity contribution in [1.82, 2.24) is 9.55 Å². The van der Waals surface area contributed by atoms with Gasteiger partial charge in [-0.05, 0) is 24.3 Å². The van der Waals surface area contributed by atoms with Crippen molar-refractivity contribution in [3.8, 4) is 5.69 Å². The van der Waals surface area contributed by atoms with Gasteiger partial charge < -0.3 is 5.32 Å². The van der Waals surface area contributed by atoms with Crippen molar-refractivity contribution in [2.45, 2.75) is 0 Å². The van der Waals surface area contributed by atoms with E-state index in [4.69, 9.17) is 34.8 Å². The van der Waals surface area contributed by atoms with Crippen LogP contribution in [-0.4, -0.2) is 15.5 Å². The molecule has 1 N–H and O–H groups in total. The Bertz CT molecular complexity index is 1430. The van der Waals surface area contributed by atoms with E-state index in [9.17, 15) is 22.8 Å². The topological polar surface area (TPSA) is 64.0 Å². The van der Waals surface area contributed by atoms with Crippen LogP contribution in [0.1, 0.15) is 10.4 Å². The number of fused-ring (bicyclic) bond motifs is 1. The second kappa shape index (κ2) is 8.46. The van der Waals surface area contributed by atoms with Crippen LogP contribution in [0.5, 0.6) is 0 Å². The Morgan fingerprint density at radius 3 is 2.22 bits per heavy atom. The maximum atomic E-state index is 14.5. The lowest BCUT2D eigenvalue weighted by molar-refractivity contribution is 0.102. The number of para-hydroxylation sites is 1. The van der Waals surface area contributed by atoms with Crippen LogP contribution in [-0.2, 0) is 0 Å². The summed E-state index contributed by atoms with van der Waals surface area (Å²) in [5.41, 5.74) is -2.24. The van der Waals surface area contributed by atoms with Crippen molar-refractivity contribution in [1.29, 1.82) is 0 Å². The number of benzene rings is 2. The number of anilines is 1. The van der Waals surface area contributed by atoms with Gasteiger partial charge in [-0.2, -0.15) is 0 Å². The summed E-state index contributed by atoms with van der Waals surface area (Å²) in [6.45, 7) is 0. The molecule has 2 aromatic carbocycles. The molecule has 32 heavy (non-hydrogen) atoms. The monoisotopic (exact) mass is 497 g/mol. The molecule has 4 rings (SSSR count). The number of hydrogen-bond donors (Lipinski definition) is 1. The van der Waals surface area contributed by atoms with Gasteiger partial charge >= 0.3 is 0 Å². The first-order valence-corrected chi connectivity index (χ1v) is 9.93. The Morgan fingerprint density at radius 2 is 1.59 bits per heavy atom. The first kappa shape index (κ1) is 22.1. The highest BCUT2D eigenvalue weighted by molar-refractivity contribution is 6.40. The zero-order valence-corrected chi connectivity index (χ0v) is 17.9. The maximum Gasteiger partial charge on any atom is 0.261 e. The quantitative estimate of drug-likeness (QED) is 0.352. The van der Waals surface area contributed by atoms with Crippen LogP contribution in [0.4, 0.5) is 18.9 Å². The van der Waals surface area contributed by atoms with Crippen LogP contribution >= 0.6 is 34.8 Å². The van der Waals surface area contributed by atoms with Gasteiger partial charge in [-0.3, -0.25) is 14.2 Å². The van der Waals surface area contributed by atoms with Gasteiger partial charge in [-0.25, -0.2) is 18.2 Å². The largest absolute Gasteiger partial charge is 0.319 e. The second-order valence-electron chi connectivity index (χ2n) is 6.52. The van der Waals surface area contributed by atoms with Crippen molar-refractivity contribution in [2.75, 3.05) is 5.32 Å². The van der Waals surface area contributed by atoms with E-state index >= 15 is 0 Å². The molecule has 2 aromatic heterocycles. The van der Waals surface area contributed by atoms with E-state index in [0.29, 0.717) is 12.1 Å². The summed E-state index contributed by atoms with van der Waals surface area (Å²) < 4.78 is 43.3. The van der Waals surface area contributed by atoms with Gasteiger partial charge in [0.15, 0.2) is 11.6 Å². The molecular weight excluding hydrogens is 490 g/mol. The molecule has 162 valence electrons. The van der Waals surface area contributed by atoms with E-state index in [1.54, 1.807) is 6.07 Å². The molecule has 0 fully saturated rings. The normalized spacial score (nSPS) is 11.1. The van der Waals surface area contributed by atoms with E-state index in [0.717, 1.165) is 10.8 Å². The van der Waals surface area contributed by atoms with Crippen molar-refractivity contribution >= 4 is 57.4 Å². The smallest absolute Gasteiger partial charge is 0.261 e. The van der Waals surface area contributed by atoms with Crippen LogP contribution < -0.4 is 10.7 Å². The van der Waals surface area contributed by atoms with Crippen molar-refractivity contribution in [2.24, 2.45) is 0 Å². The Labute approximate surface area is 193 Å². The SMILES string of the molecule is O=C(Nc1c(Cl)cccc1Cl)c1cn(-c2c(F)cc(F)cc2F)c2nc(Cl)ccc2c1=O. The summed E-state index contributed by atoms with van der Waals surface area (Å²) in [4.78, 5) is 29.9. The summed E-state index contributed by atoms with van der Waals surface area (Å²) in [6.07, 6.45) is 0.882. The van der Waals surface area contributed by atoms with E-state index < -0.39 is 40.0 Å². The fourth-order valence-corrected chi connectivity index (χ4v) is 3.71. The van der Waals surface area contributed by atoms with Gasteiger partial charge in [-0.1, -0.05) is 40.9 Å². The van der Waals surface area contributed by atoms with Gasteiger partial charge in [0.25, 0.3) is 5.91 Å². The number of pyridine rings is 2. The maximum absolute atomic E-state index is 14.5. The predicted molar refractivity (Wildman–Crippen MR) is 117 cm³/mol. The van der Waals surface area contributed by atoms with Crippen molar-refractivity contribution in [3.05, 3.63) is 97.1 Å². The second-order valence-corrected chi connectivity index (χ2v) is 7.72. The van der Waals surface area contributed by atoms with E-state index in [1.165, 1.54) is 24.3 Å². The van der Waals surface area contributed by atoms with Crippen LogP contribution in [0.15, 0.2) is 53.5 Å². The molecule has 0 unspecified atom stereocenters. The van der Waals surface area contributed by atoms with Gasteiger partial charge in [0, 0.05) is 18.3 Å². The number of halogens is 6. The van der Waals surface area contributed by atoms with Gasteiger partial charge in [-0.15, -0.1) is 0 Å². The molecule has 0 aliphatic rings. The molecule has 5 nitrogen and oxygen atoms in total. The summed E-state index contributed by atoms with van der Waals surface area (Å²) in [5.74, 6) is -4.66. The summed E-state index contributed by atoms with van der Waals surface area (Å²) in [5, 5.41) is 2.40. The Balaban J connectivity index is 1.98. The lowest BCUT2D eigenvalue weighted by Gasteiger charge is -2.15. The summed E-state index contributed by atoms with van der Waals surface area (Å²) >= 11 is 18.0. The van der Waals surface area contributed by atoms with Crippen molar-refractivity contribution < 1.29 is 18.0 Å². The number of carbonyl (C=O) groups excluding carboxylic acids is 1. The zero-order chi connectivity index (χ0) is 23.2. The lowest BCUT2D eigenvalue weighted by atomic mass is 10.1. The molecule has 0 spiro atoms. The molecule has 2 heterocycles. The third-order valence-corrected chi connectivity index (χ3v) is 5.33. The summed E-state index contributed by atoms with van der Waals surface area (Å²) in [7, 11) is 0. The Kier molecular flexibility index (Phi) is 5.85. The molecule has 4 aromatic rings. The van der Waals surface area contributed by atoms with Crippen LogP contribution in [0.25, 0.3) is 16.7 Å². The van der Waals surface area contributed by atoms with Gasteiger partial charge in [0.05, 0.1) is 21.1 Å². The summed E-state index contributed by atoms with van der Waals surface area (Å²) in [6, 6.07) is 7.93. The third kappa shape index (κ3) is 3.92. The van der Waals surface area contributed by atoms with E-state index in [1.807, 2.05) is 0 Å². The minimum Gasteiger partial charge on any atom is -0.319 e. The van der Waals surface area contributed by atoms with Gasteiger partial charge in [0.2, 0.25) is 5.43 Å². The highest BCUT2D eigenvalue weighted by atomic mass is 35.5. The predicted octanol–water partition coefficient (Wildman–Crippen LogP) is 6.02. The first-order valence-electron chi connectivity index (χ1n) is 8.79. The van der Waals surface area contributed by atoms with Crippen LogP contribution in [0, 0.1) is 17.5 Å².